The molecule has 5 rings (SSSR count). The van der Waals surface area contributed by atoms with Crippen molar-refractivity contribution in [3.63, 3.8) is 0 Å². The second-order valence-electron chi connectivity index (χ2n) is 7.82. The molecule has 1 aliphatic carbocycles. The van der Waals surface area contributed by atoms with Crippen molar-refractivity contribution >= 4 is 33.2 Å². The van der Waals surface area contributed by atoms with E-state index in [-0.39, 0.29) is 19.1 Å². The van der Waals surface area contributed by atoms with Crippen LogP contribution in [0.15, 0.2) is 47.2 Å². The molecule has 9 nitrogen and oxygen atoms in total. The highest BCUT2D eigenvalue weighted by Gasteiger charge is 2.30. The monoisotopic (exact) mass is 540 g/mol. The lowest BCUT2D eigenvalue weighted by molar-refractivity contribution is 0.0767. The number of aryl methyl sites for hydroxylation is 1. The van der Waals surface area contributed by atoms with E-state index in [1.54, 1.807) is 31.6 Å². The molecular weight excluding hydrogens is 520 g/mol. The summed E-state index contributed by atoms with van der Waals surface area (Å²) in [5.41, 5.74) is 6.02. The molecule has 3 N–H and O–H groups in total. The molecule has 3 aromatic heterocycles. The maximum Gasteiger partial charge on any atom is 0.294 e. The molecule has 0 atom stereocenters. The predicted octanol–water partition coefficient (Wildman–Crippen LogP) is 3.24. The van der Waals surface area contributed by atoms with Gasteiger partial charge in [-0.1, -0.05) is 11.3 Å². The number of carbonyl (C=O) groups excluding carboxylic acids is 1. The molecule has 0 saturated heterocycles. The molecule has 0 bridgehead atoms. The summed E-state index contributed by atoms with van der Waals surface area (Å²) in [7, 11) is 1.66. The molecule has 1 amide bonds. The van der Waals surface area contributed by atoms with Gasteiger partial charge in [0, 0.05) is 47.1 Å². The van der Waals surface area contributed by atoms with Crippen LogP contribution in [-0.4, -0.2) is 55.9 Å². The lowest BCUT2D eigenvalue weighted by Gasteiger charge is -2.17. The van der Waals surface area contributed by atoms with Crippen LogP contribution in [0.1, 0.15) is 21.6 Å². The standard InChI is InChI=1S/C23H21BrN6O3S/c1-29(9-10-31)22(32)13-4-7-18(16(24)11-13)30-20-15(19(28-30)14-3-2-8-26-12-14)5-6-17-21(20)34-23(27-17)33-25/h2-4,7-8,11-12,31H,5-6,9-10,25H2,1H3. The summed E-state index contributed by atoms with van der Waals surface area (Å²) in [5.74, 6) is 5.23. The number of aliphatic hydroxyl groups is 1. The number of hydrogen-bond donors (Lipinski definition) is 2. The van der Waals surface area contributed by atoms with E-state index >= 15 is 0 Å². The van der Waals surface area contributed by atoms with E-state index in [1.807, 2.05) is 22.9 Å². The molecule has 4 aromatic rings. The average molecular weight is 541 g/mol. The predicted molar refractivity (Wildman–Crippen MR) is 132 cm³/mol. The molecular formula is C23H21BrN6O3S. The van der Waals surface area contributed by atoms with Gasteiger partial charge in [-0.2, -0.15) is 11.0 Å². The number of hydrogen-bond acceptors (Lipinski definition) is 8. The van der Waals surface area contributed by atoms with Crippen molar-refractivity contribution in [1.29, 1.82) is 0 Å². The first-order valence-electron chi connectivity index (χ1n) is 10.6. The summed E-state index contributed by atoms with van der Waals surface area (Å²) < 4.78 is 2.59. The molecule has 0 fully saturated rings. The normalized spacial score (nSPS) is 12.2. The average Bonchev–Trinajstić information content (AvgIpc) is 3.45. The zero-order valence-electron chi connectivity index (χ0n) is 18.2. The fourth-order valence-corrected chi connectivity index (χ4v) is 5.59. The molecule has 174 valence electrons. The Kier molecular flexibility index (Phi) is 6.17. The molecule has 0 unspecified atom stereocenters. The molecule has 1 aliphatic rings. The van der Waals surface area contributed by atoms with Crippen LogP contribution >= 0.6 is 27.3 Å². The van der Waals surface area contributed by atoms with Crippen LogP contribution in [0, 0.1) is 0 Å². The van der Waals surface area contributed by atoms with Gasteiger partial charge < -0.3 is 14.8 Å². The first-order chi connectivity index (χ1) is 16.5. The van der Waals surface area contributed by atoms with Crippen molar-refractivity contribution < 1.29 is 14.7 Å². The number of pyridine rings is 1. The van der Waals surface area contributed by atoms with E-state index in [4.69, 9.17) is 20.9 Å². The van der Waals surface area contributed by atoms with Crippen molar-refractivity contribution in [2.24, 2.45) is 5.90 Å². The number of amides is 1. The molecule has 0 aliphatic heterocycles. The number of aromatic nitrogens is 4. The van der Waals surface area contributed by atoms with Crippen LogP contribution in [0.4, 0.5) is 0 Å². The number of benzene rings is 1. The van der Waals surface area contributed by atoms with Crippen LogP contribution in [0.5, 0.6) is 5.19 Å². The van der Waals surface area contributed by atoms with E-state index in [1.165, 1.54) is 16.2 Å². The molecule has 0 radical (unpaired) electrons. The van der Waals surface area contributed by atoms with E-state index in [0.717, 1.165) is 51.6 Å². The molecule has 1 aromatic carbocycles. The van der Waals surface area contributed by atoms with Crippen molar-refractivity contribution in [3.05, 3.63) is 64.0 Å². The zero-order chi connectivity index (χ0) is 23.8. The molecule has 34 heavy (non-hydrogen) atoms. The van der Waals surface area contributed by atoms with Gasteiger partial charge >= 0.3 is 0 Å². The third-order valence-corrected chi connectivity index (χ3v) is 7.36. The first-order valence-corrected chi connectivity index (χ1v) is 12.2. The van der Waals surface area contributed by atoms with Gasteiger partial charge in [0.05, 0.1) is 34.3 Å². The lowest BCUT2D eigenvalue weighted by Crippen LogP contribution is -2.29. The van der Waals surface area contributed by atoms with Gasteiger partial charge in [0.15, 0.2) is 0 Å². The van der Waals surface area contributed by atoms with Gasteiger partial charge in [-0.25, -0.2) is 9.67 Å². The number of nitrogens with zero attached hydrogens (tertiary/aromatic N) is 5. The number of aliphatic hydroxyl groups excluding tert-OH is 1. The Morgan fingerprint density at radius 1 is 1.35 bits per heavy atom. The Hall–Kier alpha value is -3.12. The summed E-state index contributed by atoms with van der Waals surface area (Å²) in [6, 6.07) is 9.28. The summed E-state index contributed by atoms with van der Waals surface area (Å²) >= 11 is 5.03. The lowest BCUT2D eigenvalue weighted by atomic mass is 9.95. The first kappa shape index (κ1) is 22.7. The number of nitrogens with two attached hydrogens (primary N) is 1. The number of halogens is 1. The fourth-order valence-electron chi connectivity index (χ4n) is 4.09. The van der Waals surface area contributed by atoms with E-state index in [9.17, 15) is 4.79 Å². The van der Waals surface area contributed by atoms with Gasteiger partial charge in [0.1, 0.15) is 0 Å². The van der Waals surface area contributed by atoms with E-state index < -0.39 is 0 Å². The van der Waals surface area contributed by atoms with Crippen LogP contribution in [0.25, 0.3) is 27.5 Å². The highest BCUT2D eigenvalue weighted by Crippen LogP contribution is 2.45. The van der Waals surface area contributed by atoms with E-state index in [2.05, 4.69) is 25.9 Å². The van der Waals surface area contributed by atoms with Gasteiger partial charge in [0.25, 0.3) is 11.1 Å². The summed E-state index contributed by atoms with van der Waals surface area (Å²) in [5, 5.41) is 14.5. The van der Waals surface area contributed by atoms with Gasteiger partial charge in [-0.15, -0.1) is 0 Å². The molecule has 0 saturated carbocycles. The number of rotatable bonds is 6. The van der Waals surface area contributed by atoms with Crippen molar-refractivity contribution in [3.8, 4) is 32.7 Å². The second-order valence-corrected chi connectivity index (χ2v) is 9.64. The third-order valence-electron chi connectivity index (χ3n) is 5.73. The minimum atomic E-state index is -0.172. The minimum absolute atomic E-state index is 0.0935. The van der Waals surface area contributed by atoms with Gasteiger partial charge in [-0.05, 0) is 59.1 Å². The van der Waals surface area contributed by atoms with Crippen molar-refractivity contribution in [2.45, 2.75) is 12.8 Å². The summed E-state index contributed by atoms with van der Waals surface area (Å²) in [4.78, 5) is 28.8. The number of fused-ring (bicyclic) bond motifs is 3. The zero-order valence-corrected chi connectivity index (χ0v) is 20.6. The summed E-state index contributed by atoms with van der Waals surface area (Å²) in [6.07, 6.45) is 5.06. The van der Waals surface area contributed by atoms with Gasteiger partial charge in [0.2, 0.25) is 0 Å². The van der Waals surface area contributed by atoms with Crippen LogP contribution in [-0.2, 0) is 12.8 Å². The van der Waals surface area contributed by atoms with Crippen LogP contribution in [0.2, 0.25) is 0 Å². The topological polar surface area (TPSA) is 119 Å². The highest BCUT2D eigenvalue weighted by atomic mass is 79.9. The largest absolute Gasteiger partial charge is 0.395 e. The van der Waals surface area contributed by atoms with Crippen LogP contribution < -0.4 is 10.7 Å². The van der Waals surface area contributed by atoms with Crippen molar-refractivity contribution in [1.82, 2.24) is 24.6 Å². The smallest absolute Gasteiger partial charge is 0.294 e. The molecule has 0 spiro atoms. The number of likely N-dealkylation sites (N-methyl/N-ethyl adjacent to an activating group) is 1. The second kappa shape index (κ2) is 9.26. The third kappa shape index (κ3) is 3.90. The number of thiazole rings is 1. The maximum absolute atomic E-state index is 12.7. The highest BCUT2D eigenvalue weighted by molar-refractivity contribution is 9.10. The Labute approximate surface area is 207 Å². The Bertz CT molecular complexity index is 1370. The minimum Gasteiger partial charge on any atom is -0.395 e. The number of carbonyl (C=O) groups is 1. The Morgan fingerprint density at radius 2 is 2.21 bits per heavy atom. The SMILES string of the molecule is CN(CCO)C(=O)c1ccc(-n2nc(-c3cccnc3)c3c2-c2sc(ON)nc2CC3)c(Br)c1. The Balaban J connectivity index is 1.67. The molecule has 3 heterocycles. The van der Waals surface area contributed by atoms with Crippen molar-refractivity contribution in [2.75, 3.05) is 20.2 Å². The van der Waals surface area contributed by atoms with Gasteiger partial charge in [-0.3, -0.25) is 9.78 Å². The van der Waals surface area contributed by atoms with Crippen LogP contribution in [0.3, 0.4) is 0 Å². The maximum atomic E-state index is 12.7. The fraction of sp³-hybridized carbons (Fsp3) is 0.217. The summed E-state index contributed by atoms with van der Waals surface area (Å²) in [6.45, 7) is 0.169. The van der Waals surface area contributed by atoms with E-state index in [0.29, 0.717) is 15.2 Å². The Morgan fingerprint density at radius 3 is 2.91 bits per heavy atom. The molecule has 11 heteroatoms. The quantitative estimate of drug-likeness (QED) is 0.360.